The quantitative estimate of drug-likeness (QED) is 0.635. The first-order chi connectivity index (χ1) is 9.15. The molecule has 1 heterocycles. The summed E-state index contributed by atoms with van der Waals surface area (Å²) >= 11 is 0. The summed E-state index contributed by atoms with van der Waals surface area (Å²) < 4.78 is 11.0. The van der Waals surface area contributed by atoms with E-state index in [1.165, 1.54) is 38.5 Å². The van der Waals surface area contributed by atoms with Crippen molar-refractivity contribution in [3.63, 3.8) is 0 Å². The molecule has 2 N–H and O–H groups in total. The Morgan fingerprint density at radius 1 is 1.00 bits per heavy atom. The van der Waals surface area contributed by atoms with Crippen LogP contribution in [0.2, 0.25) is 0 Å². The molecule has 4 atom stereocenters. The molecule has 1 rings (SSSR count). The highest BCUT2D eigenvalue weighted by Gasteiger charge is 2.34. The van der Waals surface area contributed by atoms with Gasteiger partial charge in [0.05, 0.1) is 12.2 Å². The molecule has 0 aliphatic carbocycles. The second-order valence-corrected chi connectivity index (χ2v) is 5.57. The maximum Gasteiger partial charge on any atom is 0.183 e. The van der Waals surface area contributed by atoms with E-state index in [9.17, 15) is 10.2 Å². The average Bonchev–Trinajstić information content (AvgIpc) is 2.38. The smallest absolute Gasteiger partial charge is 0.183 e. The molecule has 4 unspecified atom stereocenters. The van der Waals surface area contributed by atoms with Crippen molar-refractivity contribution in [1.82, 2.24) is 0 Å². The lowest BCUT2D eigenvalue weighted by Gasteiger charge is -2.35. The summed E-state index contributed by atoms with van der Waals surface area (Å²) in [7, 11) is 0. The predicted octanol–water partition coefficient (Wildman–Crippen LogP) is 2.61. The van der Waals surface area contributed by atoms with Crippen molar-refractivity contribution < 1.29 is 19.7 Å². The van der Waals surface area contributed by atoms with Crippen LogP contribution in [-0.2, 0) is 9.47 Å². The van der Waals surface area contributed by atoms with E-state index < -0.39 is 18.5 Å². The van der Waals surface area contributed by atoms with Gasteiger partial charge in [-0.25, -0.2) is 0 Å². The molecule has 0 aromatic heterocycles. The van der Waals surface area contributed by atoms with Crippen LogP contribution >= 0.6 is 0 Å². The maximum absolute atomic E-state index is 9.75. The number of unbranched alkanes of at least 4 members (excludes halogenated alkanes) is 6. The first kappa shape index (κ1) is 16.9. The summed E-state index contributed by atoms with van der Waals surface area (Å²) in [5.41, 5.74) is 0. The molecule has 1 aliphatic rings. The minimum absolute atomic E-state index is 0.262. The van der Waals surface area contributed by atoms with Crippen LogP contribution in [0, 0.1) is 0 Å². The molecule has 1 aliphatic heterocycles. The second-order valence-electron chi connectivity index (χ2n) is 5.57. The first-order valence-corrected chi connectivity index (χ1v) is 7.78. The number of ether oxygens (including phenoxy) is 2. The van der Waals surface area contributed by atoms with E-state index in [4.69, 9.17) is 9.47 Å². The van der Waals surface area contributed by atoms with Gasteiger partial charge in [0.15, 0.2) is 6.29 Å². The summed E-state index contributed by atoms with van der Waals surface area (Å²) in [6, 6.07) is 0. The third-order valence-corrected chi connectivity index (χ3v) is 3.72. The molecular formula is C15H30O4. The zero-order valence-corrected chi connectivity index (χ0v) is 12.4. The van der Waals surface area contributed by atoms with Crippen LogP contribution in [0.25, 0.3) is 0 Å². The van der Waals surface area contributed by atoms with Crippen LogP contribution in [0.15, 0.2) is 0 Å². The van der Waals surface area contributed by atoms with Crippen molar-refractivity contribution in [2.75, 3.05) is 6.61 Å². The van der Waals surface area contributed by atoms with Gasteiger partial charge in [-0.2, -0.15) is 0 Å². The maximum atomic E-state index is 9.75. The Morgan fingerprint density at radius 2 is 1.63 bits per heavy atom. The highest BCUT2D eigenvalue weighted by Crippen LogP contribution is 2.21. The van der Waals surface area contributed by atoms with Crippen LogP contribution in [0.4, 0.5) is 0 Å². The SMILES string of the molecule is CCCCCCCCCOC1OC(C)C(O)CC1O. The fourth-order valence-electron chi connectivity index (χ4n) is 2.35. The standard InChI is InChI=1S/C15H30O4/c1-3-4-5-6-7-8-9-10-18-15-14(17)11-13(16)12(2)19-15/h12-17H,3-11H2,1-2H3. The van der Waals surface area contributed by atoms with Crippen LogP contribution in [0.5, 0.6) is 0 Å². The molecule has 4 heteroatoms. The third kappa shape index (κ3) is 6.70. The number of hydrogen-bond donors (Lipinski definition) is 2. The largest absolute Gasteiger partial charge is 0.390 e. The van der Waals surface area contributed by atoms with Crippen molar-refractivity contribution in [3.05, 3.63) is 0 Å². The lowest BCUT2D eigenvalue weighted by molar-refractivity contribution is -0.261. The van der Waals surface area contributed by atoms with E-state index in [-0.39, 0.29) is 6.10 Å². The molecule has 0 bridgehead atoms. The summed E-state index contributed by atoms with van der Waals surface area (Å²) in [6.07, 6.45) is 6.89. The van der Waals surface area contributed by atoms with E-state index in [0.29, 0.717) is 13.0 Å². The van der Waals surface area contributed by atoms with E-state index in [1.54, 1.807) is 6.92 Å². The van der Waals surface area contributed by atoms with Crippen molar-refractivity contribution in [3.8, 4) is 0 Å². The molecule has 0 spiro atoms. The number of rotatable bonds is 9. The van der Waals surface area contributed by atoms with Gasteiger partial charge >= 0.3 is 0 Å². The van der Waals surface area contributed by atoms with E-state index in [0.717, 1.165) is 6.42 Å². The average molecular weight is 274 g/mol. The van der Waals surface area contributed by atoms with E-state index >= 15 is 0 Å². The van der Waals surface area contributed by atoms with Crippen molar-refractivity contribution >= 4 is 0 Å². The van der Waals surface area contributed by atoms with Gasteiger partial charge in [0, 0.05) is 13.0 Å². The molecule has 0 saturated carbocycles. The van der Waals surface area contributed by atoms with Gasteiger partial charge in [-0.3, -0.25) is 0 Å². The zero-order chi connectivity index (χ0) is 14.1. The topological polar surface area (TPSA) is 58.9 Å². The van der Waals surface area contributed by atoms with Crippen molar-refractivity contribution in [1.29, 1.82) is 0 Å². The Labute approximate surface area is 117 Å². The molecule has 0 aromatic carbocycles. The van der Waals surface area contributed by atoms with Crippen molar-refractivity contribution in [2.24, 2.45) is 0 Å². The normalized spacial score (nSPS) is 31.6. The minimum atomic E-state index is -0.712. The van der Waals surface area contributed by atoms with Crippen LogP contribution in [-0.4, -0.2) is 41.4 Å². The summed E-state index contributed by atoms with van der Waals surface area (Å²) in [6.45, 7) is 4.65. The fourth-order valence-corrected chi connectivity index (χ4v) is 2.35. The predicted molar refractivity (Wildman–Crippen MR) is 74.9 cm³/mol. The molecule has 1 fully saturated rings. The third-order valence-electron chi connectivity index (χ3n) is 3.72. The molecule has 114 valence electrons. The Morgan fingerprint density at radius 3 is 2.32 bits per heavy atom. The van der Waals surface area contributed by atoms with Gasteiger partial charge in [0.25, 0.3) is 0 Å². The Bertz CT molecular complexity index is 222. The monoisotopic (exact) mass is 274 g/mol. The number of aliphatic hydroxyl groups is 2. The molecule has 0 amide bonds. The lowest BCUT2D eigenvalue weighted by Crippen LogP contribution is -2.47. The lowest BCUT2D eigenvalue weighted by atomic mass is 10.0. The van der Waals surface area contributed by atoms with Gasteiger partial charge in [-0.15, -0.1) is 0 Å². The van der Waals surface area contributed by atoms with Crippen LogP contribution in [0.1, 0.15) is 65.2 Å². The zero-order valence-electron chi connectivity index (χ0n) is 12.4. The molecule has 0 radical (unpaired) electrons. The van der Waals surface area contributed by atoms with Gasteiger partial charge in [-0.05, 0) is 13.3 Å². The van der Waals surface area contributed by atoms with E-state index in [2.05, 4.69) is 6.92 Å². The van der Waals surface area contributed by atoms with Crippen LogP contribution in [0.3, 0.4) is 0 Å². The van der Waals surface area contributed by atoms with Gasteiger partial charge in [0.1, 0.15) is 6.10 Å². The molecule has 19 heavy (non-hydrogen) atoms. The summed E-state index contributed by atoms with van der Waals surface area (Å²) in [5, 5.41) is 19.3. The number of hydrogen-bond acceptors (Lipinski definition) is 4. The fraction of sp³-hybridized carbons (Fsp3) is 1.00. The van der Waals surface area contributed by atoms with Crippen molar-refractivity contribution in [2.45, 2.75) is 89.8 Å². The summed E-state index contributed by atoms with van der Waals surface area (Å²) in [4.78, 5) is 0. The Hall–Kier alpha value is -0.160. The van der Waals surface area contributed by atoms with Gasteiger partial charge < -0.3 is 19.7 Å². The second kappa shape index (κ2) is 9.70. The Balaban J connectivity index is 2.00. The molecule has 4 nitrogen and oxygen atoms in total. The minimum Gasteiger partial charge on any atom is -0.390 e. The first-order valence-electron chi connectivity index (χ1n) is 7.78. The highest BCUT2D eigenvalue weighted by molar-refractivity contribution is 4.78. The van der Waals surface area contributed by atoms with Gasteiger partial charge in [0.2, 0.25) is 0 Å². The molecule has 0 aromatic rings. The summed E-state index contributed by atoms with van der Waals surface area (Å²) in [5.74, 6) is 0. The number of aliphatic hydroxyl groups excluding tert-OH is 2. The molecular weight excluding hydrogens is 244 g/mol. The highest BCUT2D eigenvalue weighted by atomic mass is 16.7. The molecule has 1 saturated heterocycles. The van der Waals surface area contributed by atoms with Gasteiger partial charge in [-0.1, -0.05) is 45.4 Å². The van der Waals surface area contributed by atoms with Crippen LogP contribution < -0.4 is 0 Å². The Kier molecular flexibility index (Phi) is 8.62. The van der Waals surface area contributed by atoms with E-state index in [1.807, 2.05) is 0 Å².